The van der Waals surface area contributed by atoms with Crippen molar-refractivity contribution in [2.45, 2.75) is 31.1 Å². The molecular weight excluding hydrogens is 189 g/mol. The second-order valence-electron chi connectivity index (χ2n) is 2.13. The van der Waals surface area contributed by atoms with E-state index in [0.29, 0.717) is 0 Å². The Morgan fingerprint density at radius 2 is 1.60 bits per heavy atom. The zero-order chi connectivity index (χ0) is 7.82. The number of hydrogen-bond acceptors (Lipinski definition) is 2. The molecule has 0 fully saturated rings. The predicted octanol–water partition coefficient (Wildman–Crippen LogP) is 0.950. The molecule has 3 heteroatoms. The first-order chi connectivity index (χ1) is 4.85. The average Bonchev–Trinajstić information content (AvgIpc) is 1.90. The molecule has 0 aromatic heterocycles. The second-order valence-corrected chi connectivity index (χ2v) is 6.84. The van der Waals surface area contributed by atoms with Crippen molar-refractivity contribution in [3.63, 3.8) is 0 Å². The quantitative estimate of drug-likeness (QED) is 0.476. The molecule has 0 aliphatic carbocycles. The van der Waals surface area contributed by atoms with E-state index in [1.54, 1.807) is 0 Å². The summed E-state index contributed by atoms with van der Waals surface area (Å²) in [5.41, 5.74) is 0. The first kappa shape index (κ1) is 10.5. The van der Waals surface area contributed by atoms with Gasteiger partial charge >= 0.3 is 69.3 Å². The SMILES string of the molecule is CCO[CH](OCC)[GeH2][CH2]C. The van der Waals surface area contributed by atoms with Crippen molar-refractivity contribution in [3.8, 4) is 0 Å². The maximum absolute atomic E-state index is 5.38. The molecule has 0 bridgehead atoms. The van der Waals surface area contributed by atoms with Gasteiger partial charge < -0.3 is 0 Å². The van der Waals surface area contributed by atoms with E-state index in [-0.39, 0.29) is 5.12 Å². The fourth-order valence-electron chi connectivity index (χ4n) is 0.822. The molecule has 0 saturated carbocycles. The molecule has 0 N–H and O–H groups in total. The molecule has 0 atom stereocenters. The summed E-state index contributed by atoms with van der Waals surface area (Å²) in [5.74, 6) is 0. The molecule has 0 aliphatic rings. The van der Waals surface area contributed by atoms with Gasteiger partial charge in [-0.3, -0.25) is 0 Å². The molecule has 2 nitrogen and oxygen atoms in total. The zero-order valence-electron chi connectivity index (χ0n) is 7.22. The minimum absolute atomic E-state index is 0.215. The normalized spacial score (nSPS) is 12.0. The molecule has 0 radical (unpaired) electrons. The number of hydrogen-bond donors (Lipinski definition) is 0. The topological polar surface area (TPSA) is 18.5 Å². The summed E-state index contributed by atoms with van der Waals surface area (Å²) in [5, 5.41) is 1.52. The van der Waals surface area contributed by atoms with Gasteiger partial charge in [0.25, 0.3) is 0 Å². The van der Waals surface area contributed by atoms with E-state index in [1.165, 1.54) is 5.25 Å². The Morgan fingerprint density at radius 1 is 1.10 bits per heavy atom. The molecular formula is C7H18GeO2. The molecule has 10 heavy (non-hydrogen) atoms. The van der Waals surface area contributed by atoms with Crippen LogP contribution in [0.1, 0.15) is 20.8 Å². The van der Waals surface area contributed by atoms with Gasteiger partial charge in [0.2, 0.25) is 0 Å². The van der Waals surface area contributed by atoms with Crippen molar-refractivity contribution in [2.24, 2.45) is 0 Å². The summed E-state index contributed by atoms with van der Waals surface area (Å²) in [6, 6.07) is 0. The van der Waals surface area contributed by atoms with Gasteiger partial charge in [0, 0.05) is 0 Å². The van der Waals surface area contributed by atoms with Crippen molar-refractivity contribution in [2.75, 3.05) is 13.2 Å². The van der Waals surface area contributed by atoms with Crippen molar-refractivity contribution < 1.29 is 9.47 Å². The molecule has 0 amide bonds. The van der Waals surface area contributed by atoms with Gasteiger partial charge in [-0.1, -0.05) is 0 Å². The first-order valence-electron chi connectivity index (χ1n) is 4.08. The Kier molecular flexibility index (Phi) is 7.92. The van der Waals surface area contributed by atoms with Crippen LogP contribution >= 0.6 is 0 Å². The van der Waals surface area contributed by atoms with Crippen LogP contribution in [0.3, 0.4) is 0 Å². The fourth-order valence-corrected chi connectivity index (χ4v) is 3.50. The third kappa shape index (κ3) is 5.26. The fraction of sp³-hybridized carbons (Fsp3) is 1.00. The number of ether oxygens (including phenoxy) is 2. The van der Waals surface area contributed by atoms with E-state index >= 15 is 0 Å². The molecule has 0 aliphatic heterocycles. The molecule has 0 saturated heterocycles. The van der Waals surface area contributed by atoms with Crippen molar-refractivity contribution in [3.05, 3.63) is 0 Å². The van der Waals surface area contributed by atoms with Crippen LogP contribution in [0, 0.1) is 0 Å². The zero-order valence-corrected chi connectivity index (χ0v) is 10.2. The maximum atomic E-state index is 5.38. The summed E-state index contributed by atoms with van der Waals surface area (Å²) in [6.07, 6.45) is 0. The van der Waals surface area contributed by atoms with Crippen LogP contribution in [0.25, 0.3) is 0 Å². The summed E-state index contributed by atoms with van der Waals surface area (Å²) < 4.78 is 10.8. The Bertz CT molecular complexity index is 54.4. The Hall–Kier alpha value is 0.463. The monoisotopic (exact) mass is 208 g/mol. The third-order valence-electron chi connectivity index (χ3n) is 1.23. The van der Waals surface area contributed by atoms with Gasteiger partial charge in [0.05, 0.1) is 0 Å². The van der Waals surface area contributed by atoms with E-state index in [2.05, 4.69) is 6.92 Å². The van der Waals surface area contributed by atoms with Gasteiger partial charge in [0.15, 0.2) is 0 Å². The summed E-state index contributed by atoms with van der Waals surface area (Å²) in [4.78, 5) is 0. The van der Waals surface area contributed by atoms with Crippen molar-refractivity contribution >= 4 is 15.4 Å². The van der Waals surface area contributed by atoms with Crippen LogP contribution in [0.2, 0.25) is 5.25 Å². The summed E-state index contributed by atoms with van der Waals surface area (Å²) >= 11 is -0.527. The summed E-state index contributed by atoms with van der Waals surface area (Å²) in [6.45, 7) is 7.82. The first-order valence-corrected chi connectivity index (χ1v) is 7.89. The van der Waals surface area contributed by atoms with Gasteiger partial charge in [0.1, 0.15) is 0 Å². The van der Waals surface area contributed by atoms with Crippen LogP contribution < -0.4 is 0 Å². The van der Waals surface area contributed by atoms with E-state index in [4.69, 9.17) is 9.47 Å². The van der Waals surface area contributed by atoms with Gasteiger partial charge in [-0.15, -0.1) is 0 Å². The second kappa shape index (κ2) is 7.57. The Balaban J connectivity index is 3.30. The standard InChI is InChI=1S/C7H18GeO2/c1-4-8-7(9-5-2)10-6-3/h7H,4-6,8H2,1-3H3. The number of rotatable bonds is 6. The third-order valence-corrected chi connectivity index (χ3v) is 4.42. The van der Waals surface area contributed by atoms with Crippen molar-refractivity contribution in [1.82, 2.24) is 0 Å². The Morgan fingerprint density at radius 3 is 1.90 bits per heavy atom. The van der Waals surface area contributed by atoms with Crippen LogP contribution in [0.15, 0.2) is 0 Å². The van der Waals surface area contributed by atoms with E-state index in [1.807, 2.05) is 13.8 Å². The average molecular weight is 207 g/mol. The van der Waals surface area contributed by atoms with Crippen molar-refractivity contribution in [1.29, 1.82) is 0 Å². The summed E-state index contributed by atoms with van der Waals surface area (Å²) in [7, 11) is 0. The van der Waals surface area contributed by atoms with Crippen LogP contribution in [0.5, 0.6) is 0 Å². The van der Waals surface area contributed by atoms with Gasteiger partial charge in [-0.05, 0) is 0 Å². The van der Waals surface area contributed by atoms with Crippen LogP contribution in [-0.2, 0) is 9.47 Å². The molecule has 0 aromatic rings. The van der Waals surface area contributed by atoms with Gasteiger partial charge in [-0.2, -0.15) is 0 Å². The van der Waals surface area contributed by atoms with Crippen LogP contribution in [0.4, 0.5) is 0 Å². The Labute approximate surface area is 69.8 Å². The molecule has 0 rings (SSSR count). The van der Waals surface area contributed by atoms with Gasteiger partial charge in [-0.25, -0.2) is 0 Å². The predicted molar refractivity (Wildman–Crippen MR) is 46.1 cm³/mol. The van der Waals surface area contributed by atoms with E-state index in [9.17, 15) is 0 Å². The molecule has 62 valence electrons. The molecule has 0 heterocycles. The minimum atomic E-state index is -0.527. The molecule has 0 spiro atoms. The molecule has 0 aromatic carbocycles. The molecule has 0 unspecified atom stereocenters. The van der Waals surface area contributed by atoms with Crippen LogP contribution in [-0.4, -0.2) is 33.8 Å². The van der Waals surface area contributed by atoms with E-state index in [0.717, 1.165) is 13.2 Å². The van der Waals surface area contributed by atoms with E-state index < -0.39 is 15.4 Å².